The van der Waals surface area contributed by atoms with Crippen molar-refractivity contribution in [2.75, 3.05) is 0 Å². The van der Waals surface area contributed by atoms with Gasteiger partial charge in [0.1, 0.15) is 0 Å². The van der Waals surface area contributed by atoms with E-state index in [0.717, 1.165) is 0 Å². The summed E-state index contributed by atoms with van der Waals surface area (Å²) in [6.45, 7) is 0. The van der Waals surface area contributed by atoms with Crippen LogP contribution >= 0.6 is 0 Å². The molecule has 0 saturated heterocycles. The van der Waals surface area contributed by atoms with Gasteiger partial charge < -0.3 is 0 Å². The highest BCUT2D eigenvalue weighted by atomic mass is 14.0. The van der Waals surface area contributed by atoms with Gasteiger partial charge in [-0.3, -0.25) is 0 Å². The van der Waals surface area contributed by atoms with Crippen LogP contribution in [-0.2, 0) is 0 Å². The van der Waals surface area contributed by atoms with E-state index in [0.29, 0.717) is 0 Å². The van der Waals surface area contributed by atoms with Crippen LogP contribution in [0.1, 0.15) is 122 Å². The van der Waals surface area contributed by atoms with E-state index >= 15 is 0 Å². The number of hydrogen-bond donors (Lipinski definition) is 0. The minimum absolute atomic E-state index is 1.23. The lowest BCUT2D eigenvalue weighted by atomic mass is 10.0. The Morgan fingerprint density at radius 2 is 0.444 bits per heavy atom. The summed E-state index contributed by atoms with van der Waals surface area (Å²) in [5.41, 5.74) is 0. The van der Waals surface area contributed by atoms with Gasteiger partial charge in [0.15, 0.2) is 0 Å². The van der Waals surface area contributed by atoms with Crippen LogP contribution in [0, 0.1) is 0 Å². The lowest BCUT2D eigenvalue weighted by Gasteiger charge is -2.03. The molecule has 0 amide bonds. The molecular weight excluding hydrogens is 324 g/mol. The molecule has 27 heavy (non-hydrogen) atoms. The smallest absolute Gasteiger partial charge is 0.0348 e. The molecule has 1 aliphatic carbocycles. The lowest BCUT2D eigenvalue weighted by molar-refractivity contribution is 0.526. The molecule has 0 radical (unpaired) electrons. The van der Waals surface area contributed by atoms with Crippen molar-refractivity contribution in [1.29, 1.82) is 0 Å². The van der Waals surface area contributed by atoms with Crippen LogP contribution in [-0.4, -0.2) is 0 Å². The van der Waals surface area contributed by atoms with Crippen LogP contribution in [0.2, 0.25) is 0 Å². The van der Waals surface area contributed by atoms with E-state index in [-0.39, 0.29) is 0 Å². The largest absolute Gasteiger partial charge is 0.0845 e. The lowest BCUT2D eigenvalue weighted by Crippen LogP contribution is -1.84. The zero-order chi connectivity index (χ0) is 19.1. The van der Waals surface area contributed by atoms with Crippen molar-refractivity contribution in [1.82, 2.24) is 0 Å². The number of allylic oxidation sites excluding steroid dienone is 8. The fourth-order valence-electron chi connectivity index (χ4n) is 3.78. The molecule has 0 aliphatic heterocycles. The molecule has 0 bridgehead atoms. The standard InChI is InChI=1S/C27H46/c1-2-4-6-8-10-12-14-16-18-20-22-24-26-27-25-23-21-19-17-15-13-11-9-7-5-3-1/h1-8H,9-27H2/b3-1-,4-2-,7-5-,8-6?. The van der Waals surface area contributed by atoms with Crippen molar-refractivity contribution in [2.24, 2.45) is 0 Å². The molecular formula is C27H46. The van der Waals surface area contributed by atoms with Crippen LogP contribution in [0.15, 0.2) is 48.6 Å². The molecule has 0 saturated carbocycles. The molecule has 0 heterocycles. The van der Waals surface area contributed by atoms with E-state index in [2.05, 4.69) is 48.6 Å². The van der Waals surface area contributed by atoms with Crippen molar-refractivity contribution in [3.05, 3.63) is 48.6 Å². The van der Waals surface area contributed by atoms with Crippen LogP contribution in [0.4, 0.5) is 0 Å². The molecule has 1 aliphatic rings. The molecule has 154 valence electrons. The van der Waals surface area contributed by atoms with E-state index in [9.17, 15) is 0 Å². The molecule has 1 rings (SSSR count). The van der Waals surface area contributed by atoms with Crippen molar-refractivity contribution < 1.29 is 0 Å². The second kappa shape index (κ2) is 21.3. The van der Waals surface area contributed by atoms with E-state index in [1.54, 1.807) is 0 Å². The Morgan fingerprint density at radius 1 is 0.222 bits per heavy atom. The molecule has 0 unspecified atom stereocenters. The Bertz CT molecular complexity index is 358. The molecule has 0 atom stereocenters. The molecule has 0 N–H and O–H groups in total. The Morgan fingerprint density at radius 3 is 0.741 bits per heavy atom. The second-order valence-electron chi connectivity index (χ2n) is 8.21. The monoisotopic (exact) mass is 370 g/mol. The summed E-state index contributed by atoms with van der Waals surface area (Å²) in [7, 11) is 0. The van der Waals surface area contributed by atoms with Crippen molar-refractivity contribution in [3.63, 3.8) is 0 Å². The SMILES string of the molecule is C1=CCCCCCCCCCCCCCCCCCCC\C=C/C=C\C=C/1. The molecule has 0 heteroatoms. The third-order valence-corrected chi connectivity index (χ3v) is 5.57. The van der Waals surface area contributed by atoms with Crippen LogP contribution in [0.5, 0.6) is 0 Å². The van der Waals surface area contributed by atoms with Gasteiger partial charge in [0.25, 0.3) is 0 Å². The minimum atomic E-state index is 1.23. The Hall–Kier alpha value is -1.04. The van der Waals surface area contributed by atoms with Gasteiger partial charge in [-0.1, -0.05) is 145 Å². The summed E-state index contributed by atoms with van der Waals surface area (Å²) in [5.74, 6) is 0. The Balaban J connectivity index is 2.17. The summed E-state index contributed by atoms with van der Waals surface area (Å²) < 4.78 is 0. The third-order valence-electron chi connectivity index (χ3n) is 5.57. The van der Waals surface area contributed by atoms with Crippen molar-refractivity contribution in [2.45, 2.75) is 122 Å². The molecule has 0 nitrogen and oxygen atoms in total. The number of hydrogen-bond acceptors (Lipinski definition) is 0. The van der Waals surface area contributed by atoms with Gasteiger partial charge in [-0.05, 0) is 25.7 Å². The summed E-state index contributed by atoms with van der Waals surface area (Å²) in [5, 5.41) is 0. The normalized spacial score (nSPS) is 25.2. The second-order valence-corrected chi connectivity index (χ2v) is 8.21. The van der Waals surface area contributed by atoms with Gasteiger partial charge in [0.05, 0.1) is 0 Å². The predicted molar refractivity (Wildman–Crippen MR) is 124 cm³/mol. The highest BCUT2D eigenvalue weighted by Crippen LogP contribution is 2.14. The van der Waals surface area contributed by atoms with Gasteiger partial charge >= 0.3 is 0 Å². The maximum Gasteiger partial charge on any atom is -0.0348 e. The van der Waals surface area contributed by atoms with Crippen LogP contribution in [0.3, 0.4) is 0 Å². The maximum absolute atomic E-state index is 2.31. The number of rotatable bonds is 0. The molecule has 0 spiro atoms. The fraction of sp³-hybridized carbons (Fsp3) is 0.704. The van der Waals surface area contributed by atoms with E-state index in [1.807, 2.05) is 0 Å². The topological polar surface area (TPSA) is 0 Å². The first-order valence-corrected chi connectivity index (χ1v) is 12.1. The first kappa shape index (κ1) is 24.0. The quantitative estimate of drug-likeness (QED) is 0.398. The zero-order valence-corrected chi connectivity index (χ0v) is 18.1. The molecule has 0 aromatic carbocycles. The van der Waals surface area contributed by atoms with E-state index in [1.165, 1.54) is 122 Å². The van der Waals surface area contributed by atoms with E-state index in [4.69, 9.17) is 0 Å². The third kappa shape index (κ3) is 19.5. The van der Waals surface area contributed by atoms with Crippen molar-refractivity contribution >= 4 is 0 Å². The summed E-state index contributed by atoms with van der Waals surface area (Å²) in [4.78, 5) is 0. The highest BCUT2D eigenvalue weighted by Gasteiger charge is 1.95. The zero-order valence-electron chi connectivity index (χ0n) is 18.1. The molecule has 0 aromatic rings. The van der Waals surface area contributed by atoms with Gasteiger partial charge in [-0.25, -0.2) is 0 Å². The molecule has 0 aromatic heterocycles. The van der Waals surface area contributed by atoms with Gasteiger partial charge in [0.2, 0.25) is 0 Å². The van der Waals surface area contributed by atoms with E-state index < -0.39 is 0 Å². The predicted octanol–water partition coefficient (Wildman–Crippen LogP) is 9.64. The minimum Gasteiger partial charge on any atom is -0.0845 e. The van der Waals surface area contributed by atoms with Gasteiger partial charge in [0, 0.05) is 0 Å². The van der Waals surface area contributed by atoms with Crippen LogP contribution < -0.4 is 0 Å². The summed E-state index contributed by atoms with van der Waals surface area (Å²) in [6, 6.07) is 0. The average Bonchev–Trinajstić information content (AvgIpc) is 2.68. The summed E-state index contributed by atoms with van der Waals surface area (Å²) >= 11 is 0. The van der Waals surface area contributed by atoms with Crippen LogP contribution in [0.25, 0.3) is 0 Å². The Labute approximate surface area is 170 Å². The Kier molecular flexibility index (Phi) is 18.9. The maximum atomic E-state index is 2.31. The first-order valence-electron chi connectivity index (χ1n) is 12.1. The average molecular weight is 371 g/mol. The van der Waals surface area contributed by atoms with Gasteiger partial charge in [-0.2, -0.15) is 0 Å². The summed E-state index contributed by atoms with van der Waals surface area (Å²) in [6.07, 6.45) is 44.5. The fourth-order valence-corrected chi connectivity index (χ4v) is 3.78. The van der Waals surface area contributed by atoms with Crippen molar-refractivity contribution in [3.8, 4) is 0 Å². The van der Waals surface area contributed by atoms with Gasteiger partial charge in [-0.15, -0.1) is 0 Å². The highest BCUT2D eigenvalue weighted by molar-refractivity contribution is 5.15. The molecule has 0 fully saturated rings. The first-order chi connectivity index (χ1) is 13.5.